The van der Waals surface area contributed by atoms with E-state index < -0.39 is 0 Å². The molecule has 0 amide bonds. The molecule has 6 heteroatoms. The van der Waals surface area contributed by atoms with Crippen LogP contribution in [0.15, 0.2) is 30.5 Å². The smallest absolute Gasteiger partial charge is 0.338 e. The number of hydrogen-bond donors (Lipinski definition) is 1. The average molecular weight is 304 g/mol. The fourth-order valence-corrected chi connectivity index (χ4v) is 2.13. The predicted molar refractivity (Wildman–Crippen MR) is 80.1 cm³/mol. The molecule has 1 N–H and O–H groups in total. The summed E-state index contributed by atoms with van der Waals surface area (Å²) in [5.41, 5.74) is 2.29. The van der Waals surface area contributed by atoms with Gasteiger partial charge in [0.15, 0.2) is 0 Å². The minimum atomic E-state index is -0.364. The average Bonchev–Trinajstić information content (AvgIpc) is 2.89. The van der Waals surface area contributed by atoms with Crippen LogP contribution in [0.1, 0.15) is 42.3 Å². The highest BCUT2D eigenvalue weighted by atomic mass is 16.5. The maximum Gasteiger partial charge on any atom is 0.338 e. The zero-order valence-corrected chi connectivity index (χ0v) is 12.9. The van der Waals surface area contributed by atoms with Crippen molar-refractivity contribution in [3.63, 3.8) is 0 Å². The Labute approximate surface area is 129 Å². The minimum absolute atomic E-state index is 0.184. The van der Waals surface area contributed by atoms with Crippen LogP contribution in [0.3, 0.4) is 0 Å². The van der Waals surface area contributed by atoms with E-state index in [0.29, 0.717) is 10.4 Å². The Morgan fingerprint density at radius 2 is 2.14 bits per heavy atom. The molecule has 0 aliphatic carbocycles. The van der Waals surface area contributed by atoms with Crippen molar-refractivity contribution in [1.29, 1.82) is 0 Å². The molecular formula is C16H20N2O4. The number of aryl methyl sites for hydroxylation is 1. The lowest BCUT2D eigenvalue weighted by atomic mass is 10.00. The van der Waals surface area contributed by atoms with Crippen LogP contribution >= 0.6 is 0 Å². The van der Waals surface area contributed by atoms with Gasteiger partial charge in [0.1, 0.15) is 6.61 Å². The van der Waals surface area contributed by atoms with Crippen molar-refractivity contribution in [2.24, 2.45) is 0 Å². The van der Waals surface area contributed by atoms with E-state index >= 15 is 0 Å². The molecule has 0 aliphatic rings. The van der Waals surface area contributed by atoms with Gasteiger partial charge in [-0.2, -0.15) is 0 Å². The van der Waals surface area contributed by atoms with Gasteiger partial charge >= 0.3 is 5.97 Å². The van der Waals surface area contributed by atoms with Crippen LogP contribution in [0, 0.1) is 0 Å². The molecule has 6 nitrogen and oxygen atoms in total. The topological polar surface area (TPSA) is 73.6 Å². The largest absolute Gasteiger partial charge is 0.472 e. The second-order valence-electron chi connectivity index (χ2n) is 5.11. The minimum Gasteiger partial charge on any atom is -0.472 e. The monoisotopic (exact) mass is 304 g/mol. The molecular weight excluding hydrogens is 284 g/mol. The first-order valence-electron chi connectivity index (χ1n) is 7.20. The number of aromatic nitrogens is 2. The SMILES string of the molecule is CCc1cccc(C(=O)OC(C)C)c1COc1ccn(O)n1. The van der Waals surface area contributed by atoms with Crippen LogP contribution in [0.4, 0.5) is 0 Å². The number of esters is 1. The zero-order valence-electron chi connectivity index (χ0n) is 12.9. The summed E-state index contributed by atoms with van der Waals surface area (Å²) < 4.78 is 10.8. The van der Waals surface area contributed by atoms with Crippen LogP contribution in [0.2, 0.25) is 0 Å². The molecule has 0 atom stereocenters. The van der Waals surface area contributed by atoms with Crippen LogP contribution in [-0.4, -0.2) is 27.2 Å². The van der Waals surface area contributed by atoms with E-state index in [9.17, 15) is 4.79 Å². The quantitative estimate of drug-likeness (QED) is 0.656. The van der Waals surface area contributed by atoms with Gasteiger partial charge in [-0.3, -0.25) is 0 Å². The molecule has 0 saturated heterocycles. The van der Waals surface area contributed by atoms with E-state index in [4.69, 9.17) is 14.7 Å². The summed E-state index contributed by atoms with van der Waals surface area (Å²) in [7, 11) is 0. The summed E-state index contributed by atoms with van der Waals surface area (Å²) in [6, 6.07) is 7.06. The highest BCUT2D eigenvalue weighted by Crippen LogP contribution is 2.20. The normalized spacial score (nSPS) is 10.7. The summed E-state index contributed by atoms with van der Waals surface area (Å²) in [6.45, 7) is 5.82. The third-order valence-electron chi connectivity index (χ3n) is 3.13. The fourth-order valence-electron chi connectivity index (χ4n) is 2.13. The van der Waals surface area contributed by atoms with Crippen molar-refractivity contribution in [2.45, 2.75) is 39.9 Å². The number of hydrogen-bond acceptors (Lipinski definition) is 5. The second kappa shape index (κ2) is 6.98. The lowest BCUT2D eigenvalue weighted by Gasteiger charge is -2.15. The molecule has 0 bridgehead atoms. The molecule has 1 aromatic heterocycles. The summed E-state index contributed by atoms with van der Waals surface area (Å²) in [5, 5.41) is 12.9. The zero-order chi connectivity index (χ0) is 16.1. The maximum atomic E-state index is 12.2. The van der Waals surface area contributed by atoms with E-state index in [1.54, 1.807) is 12.1 Å². The second-order valence-corrected chi connectivity index (χ2v) is 5.11. The molecule has 0 aliphatic heterocycles. The first-order valence-corrected chi connectivity index (χ1v) is 7.20. The Morgan fingerprint density at radius 3 is 2.73 bits per heavy atom. The van der Waals surface area contributed by atoms with E-state index in [0.717, 1.165) is 17.5 Å². The van der Waals surface area contributed by atoms with E-state index in [-0.39, 0.29) is 24.6 Å². The molecule has 0 spiro atoms. The van der Waals surface area contributed by atoms with Gasteiger partial charge in [0.05, 0.1) is 17.9 Å². The molecule has 118 valence electrons. The number of ether oxygens (including phenoxy) is 2. The Balaban J connectivity index is 2.24. The molecule has 22 heavy (non-hydrogen) atoms. The van der Waals surface area contributed by atoms with E-state index in [2.05, 4.69) is 5.10 Å². The number of carbonyl (C=O) groups excluding carboxylic acids is 1. The van der Waals surface area contributed by atoms with Gasteiger partial charge in [-0.1, -0.05) is 24.2 Å². The van der Waals surface area contributed by atoms with Crippen LogP contribution in [0.25, 0.3) is 0 Å². The van der Waals surface area contributed by atoms with Crippen molar-refractivity contribution < 1.29 is 19.5 Å². The number of rotatable bonds is 6. The molecule has 0 saturated carbocycles. The predicted octanol–water partition coefficient (Wildman–Crippen LogP) is 2.83. The van der Waals surface area contributed by atoms with Crippen LogP contribution in [0.5, 0.6) is 5.88 Å². The lowest BCUT2D eigenvalue weighted by Crippen LogP contribution is -2.15. The van der Waals surface area contributed by atoms with Gasteiger partial charge in [-0.15, -0.1) is 4.85 Å². The Kier molecular flexibility index (Phi) is 5.04. The van der Waals surface area contributed by atoms with E-state index in [1.807, 2.05) is 32.9 Å². The lowest BCUT2D eigenvalue weighted by molar-refractivity contribution is 0.0374. The molecule has 2 aromatic rings. The van der Waals surface area contributed by atoms with Crippen molar-refractivity contribution in [1.82, 2.24) is 9.94 Å². The first kappa shape index (κ1) is 15.9. The summed E-state index contributed by atoms with van der Waals surface area (Å²) in [4.78, 5) is 12.9. The molecule has 2 rings (SSSR count). The van der Waals surface area contributed by atoms with Gasteiger partial charge < -0.3 is 14.7 Å². The van der Waals surface area contributed by atoms with Gasteiger partial charge in [0.2, 0.25) is 5.88 Å². The Morgan fingerprint density at radius 1 is 1.36 bits per heavy atom. The third kappa shape index (κ3) is 3.78. The number of carbonyl (C=O) groups is 1. The third-order valence-corrected chi connectivity index (χ3v) is 3.13. The van der Waals surface area contributed by atoms with E-state index in [1.165, 1.54) is 6.20 Å². The van der Waals surface area contributed by atoms with Crippen LogP contribution < -0.4 is 4.74 Å². The Hall–Kier alpha value is -2.50. The Bertz CT molecular complexity index is 649. The summed E-state index contributed by atoms with van der Waals surface area (Å²) in [5.74, 6) is -0.0758. The van der Waals surface area contributed by atoms with Gasteiger partial charge in [-0.05, 0) is 31.9 Å². The van der Waals surface area contributed by atoms with Gasteiger partial charge in [0, 0.05) is 11.6 Å². The van der Waals surface area contributed by atoms with Crippen LogP contribution in [-0.2, 0) is 17.8 Å². The van der Waals surface area contributed by atoms with Gasteiger partial charge in [-0.25, -0.2) is 4.79 Å². The maximum absolute atomic E-state index is 12.2. The molecule has 0 fully saturated rings. The van der Waals surface area contributed by atoms with Crippen molar-refractivity contribution >= 4 is 5.97 Å². The van der Waals surface area contributed by atoms with Crippen molar-refractivity contribution in [2.75, 3.05) is 0 Å². The summed E-state index contributed by atoms with van der Waals surface area (Å²) >= 11 is 0. The molecule has 1 aromatic carbocycles. The van der Waals surface area contributed by atoms with Gasteiger partial charge in [0.25, 0.3) is 0 Å². The number of benzene rings is 1. The standard InChI is InChI=1S/C16H20N2O4/c1-4-12-6-5-7-13(16(19)22-11(2)3)14(12)10-21-15-8-9-18(20)17-15/h5-9,11,20H,4,10H2,1-3H3. The first-order chi connectivity index (χ1) is 10.5. The van der Waals surface area contributed by atoms with Crippen molar-refractivity contribution in [3.05, 3.63) is 47.2 Å². The highest BCUT2D eigenvalue weighted by molar-refractivity contribution is 5.91. The highest BCUT2D eigenvalue weighted by Gasteiger charge is 2.17. The fraction of sp³-hybridized carbons (Fsp3) is 0.375. The van der Waals surface area contributed by atoms with Crippen molar-refractivity contribution in [3.8, 4) is 5.88 Å². The number of nitrogens with zero attached hydrogens (tertiary/aromatic N) is 2. The molecule has 1 heterocycles. The molecule has 0 unspecified atom stereocenters. The molecule has 0 radical (unpaired) electrons. The summed E-state index contributed by atoms with van der Waals surface area (Å²) in [6.07, 6.45) is 1.96.